The number of amides is 2. The quantitative estimate of drug-likeness (QED) is 0.923. The van der Waals surface area contributed by atoms with Gasteiger partial charge in [0.05, 0.1) is 0 Å². The van der Waals surface area contributed by atoms with Crippen LogP contribution < -0.4 is 5.32 Å². The molecule has 0 aromatic heterocycles. The largest absolute Gasteiger partial charge is 0.350 e. The molecule has 0 radical (unpaired) electrons. The zero-order valence-electron chi connectivity index (χ0n) is 15.9. The van der Waals surface area contributed by atoms with Crippen LogP contribution in [0.4, 0.5) is 0 Å². The molecular weight excluding hydrogens is 324 g/mol. The Hall–Kier alpha value is -2.62. The highest BCUT2D eigenvalue weighted by Gasteiger charge is 2.34. The van der Waals surface area contributed by atoms with Crippen molar-refractivity contribution >= 4 is 11.8 Å². The summed E-state index contributed by atoms with van der Waals surface area (Å²) < 4.78 is 0. The lowest BCUT2D eigenvalue weighted by atomic mass is 9.91. The molecule has 0 saturated carbocycles. The Morgan fingerprint density at radius 2 is 1.77 bits per heavy atom. The van der Waals surface area contributed by atoms with Crippen LogP contribution in [0.15, 0.2) is 36.4 Å². The average Bonchev–Trinajstić information content (AvgIpc) is 2.59. The molecule has 1 heterocycles. The third kappa shape index (κ3) is 3.50. The number of hydrogen-bond donors (Lipinski definition) is 1. The summed E-state index contributed by atoms with van der Waals surface area (Å²) in [6.07, 6.45) is 0.787. The Labute approximate surface area is 155 Å². The fourth-order valence-electron chi connectivity index (χ4n) is 3.95. The van der Waals surface area contributed by atoms with Crippen LogP contribution in [0.3, 0.4) is 0 Å². The van der Waals surface area contributed by atoms with Crippen LogP contribution >= 0.6 is 0 Å². The first kappa shape index (κ1) is 18.2. The SMILES string of the molecule is CC(=O)N1CCc2ccccc2C1C(=O)NCc1c(C)cc(C)cc1C. The van der Waals surface area contributed by atoms with Gasteiger partial charge in [-0.25, -0.2) is 0 Å². The van der Waals surface area contributed by atoms with E-state index < -0.39 is 6.04 Å². The molecule has 2 amide bonds. The monoisotopic (exact) mass is 350 g/mol. The van der Waals surface area contributed by atoms with Gasteiger partial charge < -0.3 is 10.2 Å². The average molecular weight is 350 g/mol. The minimum atomic E-state index is -0.552. The maximum Gasteiger partial charge on any atom is 0.247 e. The third-order valence-electron chi connectivity index (χ3n) is 5.22. The highest BCUT2D eigenvalue weighted by atomic mass is 16.2. The second-order valence-corrected chi connectivity index (χ2v) is 7.16. The van der Waals surface area contributed by atoms with E-state index in [2.05, 4.69) is 38.2 Å². The van der Waals surface area contributed by atoms with Gasteiger partial charge in [0.25, 0.3) is 0 Å². The van der Waals surface area contributed by atoms with E-state index in [4.69, 9.17) is 0 Å². The van der Waals surface area contributed by atoms with Gasteiger partial charge in [-0.3, -0.25) is 9.59 Å². The van der Waals surface area contributed by atoms with E-state index in [0.717, 1.165) is 23.1 Å². The van der Waals surface area contributed by atoms with Crippen molar-refractivity contribution in [2.24, 2.45) is 0 Å². The topological polar surface area (TPSA) is 49.4 Å². The van der Waals surface area contributed by atoms with Gasteiger partial charge in [-0.05, 0) is 55.0 Å². The van der Waals surface area contributed by atoms with Crippen LogP contribution in [0, 0.1) is 20.8 Å². The Morgan fingerprint density at radius 3 is 2.42 bits per heavy atom. The summed E-state index contributed by atoms with van der Waals surface area (Å²) >= 11 is 0. The normalized spacial score (nSPS) is 16.2. The van der Waals surface area contributed by atoms with E-state index in [0.29, 0.717) is 13.1 Å². The number of benzene rings is 2. The number of aryl methyl sites for hydroxylation is 3. The van der Waals surface area contributed by atoms with Crippen LogP contribution in [0.2, 0.25) is 0 Å². The minimum Gasteiger partial charge on any atom is -0.350 e. The van der Waals surface area contributed by atoms with E-state index in [1.165, 1.54) is 23.6 Å². The molecule has 1 N–H and O–H groups in total. The number of carbonyl (C=O) groups excluding carboxylic acids is 2. The van der Waals surface area contributed by atoms with Crippen LogP contribution in [-0.4, -0.2) is 23.3 Å². The molecule has 4 nitrogen and oxygen atoms in total. The van der Waals surface area contributed by atoms with E-state index >= 15 is 0 Å². The molecule has 0 fully saturated rings. The van der Waals surface area contributed by atoms with E-state index in [-0.39, 0.29) is 11.8 Å². The van der Waals surface area contributed by atoms with Gasteiger partial charge in [0, 0.05) is 20.0 Å². The molecule has 1 aliphatic heterocycles. The summed E-state index contributed by atoms with van der Waals surface area (Å²) in [4.78, 5) is 26.8. The fraction of sp³-hybridized carbons (Fsp3) is 0.364. The van der Waals surface area contributed by atoms with Crippen molar-refractivity contribution in [1.82, 2.24) is 10.2 Å². The van der Waals surface area contributed by atoms with Gasteiger partial charge >= 0.3 is 0 Å². The van der Waals surface area contributed by atoms with Crippen molar-refractivity contribution in [2.75, 3.05) is 6.54 Å². The maximum absolute atomic E-state index is 13.0. The first-order chi connectivity index (χ1) is 12.4. The summed E-state index contributed by atoms with van der Waals surface area (Å²) in [5, 5.41) is 3.06. The molecule has 1 aliphatic rings. The lowest BCUT2D eigenvalue weighted by Gasteiger charge is -2.35. The second kappa shape index (κ2) is 7.32. The fourth-order valence-corrected chi connectivity index (χ4v) is 3.95. The summed E-state index contributed by atoms with van der Waals surface area (Å²) in [5.41, 5.74) is 6.80. The Balaban J connectivity index is 1.85. The molecule has 0 bridgehead atoms. The van der Waals surface area contributed by atoms with Crippen LogP contribution in [0.25, 0.3) is 0 Å². The number of nitrogens with one attached hydrogen (secondary N) is 1. The van der Waals surface area contributed by atoms with E-state index in [1.807, 2.05) is 24.3 Å². The van der Waals surface area contributed by atoms with Gasteiger partial charge in [-0.1, -0.05) is 42.0 Å². The molecule has 136 valence electrons. The van der Waals surface area contributed by atoms with Gasteiger partial charge in [0.1, 0.15) is 6.04 Å². The van der Waals surface area contributed by atoms with Crippen molar-refractivity contribution in [2.45, 2.75) is 46.7 Å². The Morgan fingerprint density at radius 1 is 1.12 bits per heavy atom. The van der Waals surface area contributed by atoms with Crippen molar-refractivity contribution in [1.29, 1.82) is 0 Å². The van der Waals surface area contributed by atoms with Crippen molar-refractivity contribution in [3.05, 3.63) is 69.8 Å². The second-order valence-electron chi connectivity index (χ2n) is 7.16. The minimum absolute atomic E-state index is 0.0673. The molecule has 3 rings (SSSR count). The molecule has 1 unspecified atom stereocenters. The first-order valence-corrected chi connectivity index (χ1v) is 9.08. The van der Waals surface area contributed by atoms with E-state index in [9.17, 15) is 9.59 Å². The number of hydrogen-bond acceptors (Lipinski definition) is 2. The lowest BCUT2D eigenvalue weighted by molar-refractivity contribution is -0.139. The number of fused-ring (bicyclic) bond motifs is 1. The number of nitrogens with zero attached hydrogens (tertiary/aromatic N) is 1. The van der Waals surface area contributed by atoms with Crippen molar-refractivity contribution in [3.8, 4) is 0 Å². The predicted octanol–water partition coefficient (Wildman–Crippen LogP) is 3.37. The highest BCUT2D eigenvalue weighted by Crippen LogP contribution is 2.30. The van der Waals surface area contributed by atoms with Crippen LogP contribution in [0.1, 0.15) is 46.3 Å². The number of carbonyl (C=O) groups is 2. The molecular formula is C22H26N2O2. The Bertz CT molecular complexity index is 834. The molecule has 26 heavy (non-hydrogen) atoms. The molecule has 1 atom stereocenters. The molecule has 0 aliphatic carbocycles. The van der Waals surface area contributed by atoms with Gasteiger partial charge in [0.15, 0.2) is 0 Å². The van der Waals surface area contributed by atoms with Crippen molar-refractivity contribution in [3.63, 3.8) is 0 Å². The molecule has 2 aromatic carbocycles. The number of rotatable bonds is 3. The van der Waals surface area contributed by atoms with Gasteiger partial charge in [0.2, 0.25) is 11.8 Å². The smallest absolute Gasteiger partial charge is 0.247 e. The summed E-state index contributed by atoms with van der Waals surface area (Å²) in [6.45, 7) is 8.79. The molecule has 2 aromatic rings. The molecule has 0 spiro atoms. The summed E-state index contributed by atoms with van der Waals surface area (Å²) in [7, 11) is 0. The molecule has 0 saturated heterocycles. The predicted molar refractivity (Wildman–Crippen MR) is 103 cm³/mol. The third-order valence-corrected chi connectivity index (χ3v) is 5.22. The van der Waals surface area contributed by atoms with Crippen LogP contribution in [0.5, 0.6) is 0 Å². The Kier molecular flexibility index (Phi) is 5.12. The molecule has 4 heteroatoms. The standard InChI is InChI=1S/C22H26N2O2/c1-14-11-15(2)20(16(3)12-14)13-23-22(26)21-19-8-6-5-7-18(19)9-10-24(21)17(4)25/h5-8,11-12,21H,9-10,13H2,1-4H3,(H,23,26). The zero-order chi connectivity index (χ0) is 18.8. The van der Waals surface area contributed by atoms with Gasteiger partial charge in [-0.15, -0.1) is 0 Å². The van der Waals surface area contributed by atoms with Crippen molar-refractivity contribution < 1.29 is 9.59 Å². The lowest BCUT2D eigenvalue weighted by Crippen LogP contribution is -2.46. The first-order valence-electron chi connectivity index (χ1n) is 9.08. The highest BCUT2D eigenvalue weighted by molar-refractivity contribution is 5.88. The maximum atomic E-state index is 13.0. The van der Waals surface area contributed by atoms with Crippen LogP contribution in [-0.2, 0) is 22.6 Å². The van der Waals surface area contributed by atoms with E-state index in [1.54, 1.807) is 4.90 Å². The zero-order valence-corrected chi connectivity index (χ0v) is 15.9. The van der Waals surface area contributed by atoms with Gasteiger partial charge in [-0.2, -0.15) is 0 Å². The summed E-state index contributed by atoms with van der Waals surface area (Å²) in [6, 6.07) is 11.6. The summed E-state index contributed by atoms with van der Waals surface area (Å²) in [5.74, 6) is -0.186.